The average Bonchev–Trinajstić information content (AvgIpc) is 3.00. The first-order valence-electron chi connectivity index (χ1n) is 11.4. The highest BCUT2D eigenvalue weighted by Crippen LogP contribution is 2.64. The molecular formula is C25H32ClNO3. The van der Waals surface area contributed by atoms with Crippen molar-refractivity contribution in [2.75, 3.05) is 0 Å². The molecule has 0 spiro atoms. The molecule has 1 amide bonds. The predicted molar refractivity (Wildman–Crippen MR) is 116 cm³/mol. The number of hydrogen-bond donors (Lipinski definition) is 2. The number of nitrogens with zero attached hydrogens (tertiary/aromatic N) is 1. The van der Waals surface area contributed by atoms with E-state index in [0.29, 0.717) is 36.2 Å². The predicted octanol–water partition coefficient (Wildman–Crippen LogP) is 4.53. The second-order valence-electron chi connectivity index (χ2n) is 10.5. The Hall–Kier alpha value is -1.36. The van der Waals surface area contributed by atoms with Crippen LogP contribution in [0.2, 0.25) is 5.02 Å². The monoisotopic (exact) mass is 429 g/mol. The number of piperidine rings is 1. The topological polar surface area (TPSA) is 60.8 Å². The first-order valence-corrected chi connectivity index (χ1v) is 11.7. The lowest BCUT2D eigenvalue weighted by Gasteiger charge is -2.60. The third kappa shape index (κ3) is 2.91. The second kappa shape index (κ2) is 7.08. The summed E-state index contributed by atoms with van der Waals surface area (Å²) in [4.78, 5) is 14.9. The van der Waals surface area contributed by atoms with Gasteiger partial charge in [-0.25, -0.2) is 0 Å². The molecule has 7 atom stereocenters. The number of hydrogen-bond acceptors (Lipinski definition) is 3. The van der Waals surface area contributed by atoms with Crippen LogP contribution in [0.4, 0.5) is 0 Å². The number of carbonyl (C=O) groups is 1. The molecule has 1 aromatic carbocycles. The van der Waals surface area contributed by atoms with Gasteiger partial charge in [-0.1, -0.05) is 43.7 Å². The zero-order valence-electron chi connectivity index (χ0n) is 17.9. The van der Waals surface area contributed by atoms with Crippen LogP contribution < -0.4 is 0 Å². The van der Waals surface area contributed by atoms with Crippen molar-refractivity contribution in [1.82, 2.24) is 4.90 Å². The summed E-state index contributed by atoms with van der Waals surface area (Å²) in [6, 6.07) is 7.70. The zero-order chi connectivity index (χ0) is 21.3. The third-order valence-electron chi connectivity index (χ3n) is 9.01. The Morgan fingerprint density at radius 2 is 1.90 bits per heavy atom. The van der Waals surface area contributed by atoms with Gasteiger partial charge in [0.25, 0.3) is 0 Å². The Kier molecular flexibility index (Phi) is 4.85. The van der Waals surface area contributed by atoms with Crippen molar-refractivity contribution < 1.29 is 15.0 Å². The van der Waals surface area contributed by atoms with E-state index in [0.717, 1.165) is 36.9 Å². The molecule has 0 bridgehead atoms. The SMILES string of the molecule is CC12CCC(=O)N(Cc3ccc(Cl)cc3)C1=CCC1[C@@H]2C(O)CC2(C)C(O)CC[C@@H]12. The minimum Gasteiger partial charge on any atom is -0.393 e. The summed E-state index contributed by atoms with van der Waals surface area (Å²) in [5.74, 6) is 1.12. The van der Waals surface area contributed by atoms with E-state index in [1.54, 1.807) is 0 Å². The fourth-order valence-electron chi connectivity index (χ4n) is 7.50. The fourth-order valence-corrected chi connectivity index (χ4v) is 7.63. The Labute approximate surface area is 183 Å². The molecule has 30 heavy (non-hydrogen) atoms. The van der Waals surface area contributed by atoms with Gasteiger partial charge in [0.05, 0.1) is 18.8 Å². The Morgan fingerprint density at radius 3 is 2.63 bits per heavy atom. The molecule has 1 heterocycles. The minimum absolute atomic E-state index is 0.140. The molecule has 162 valence electrons. The van der Waals surface area contributed by atoms with Crippen molar-refractivity contribution in [3.05, 3.63) is 46.6 Å². The molecule has 1 saturated heterocycles. The maximum atomic E-state index is 12.9. The van der Waals surface area contributed by atoms with E-state index >= 15 is 0 Å². The second-order valence-corrected chi connectivity index (χ2v) is 11.0. The average molecular weight is 430 g/mol. The van der Waals surface area contributed by atoms with Crippen LogP contribution in [-0.4, -0.2) is 33.2 Å². The highest BCUT2D eigenvalue weighted by Gasteiger charge is 2.62. The number of halogens is 1. The van der Waals surface area contributed by atoms with Crippen molar-refractivity contribution in [3.8, 4) is 0 Å². The van der Waals surface area contributed by atoms with Crippen LogP contribution in [0, 0.1) is 28.6 Å². The number of likely N-dealkylation sites (tertiary alicyclic amines) is 1. The fraction of sp³-hybridized carbons (Fsp3) is 0.640. The highest BCUT2D eigenvalue weighted by atomic mass is 35.5. The van der Waals surface area contributed by atoms with Crippen molar-refractivity contribution >= 4 is 17.5 Å². The lowest BCUT2D eigenvalue weighted by Crippen LogP contribution is -2.59. The van der Waals surface area contributed by atoms with Gasteiger partial charge < -0.3 is 15.1 Å². The summed E-state index contributed by atoms with van der Waals surface area (Å²) in [6.45, 7) is 4.98. The van der Waals surface area contributed by atoms with Crippen LogP contribution in [0.3, 0.4) is 0 Å². The molecule has 0 radical (unpaired) electrons. The number of allylic oxidation sites excluding steroid dienone is 2. The van der Waals surface area contributed by atoms with Gasteiger partial charge in [-0.15, -0.1) is 0 Å². The summed E-state index contributed by atoms with van der Waals surface area (Å²) in [6.07, 6.45) is 6.24. The molecule has 1 aliphatic heterocycles. The van der Waals surface area contributed by atoms with E-state index in [2.05, 4.69) is 19.9 Å². The molecule has 4 nitrogen and oxygen atoms in total. The number of fused-ring (bicyclic) bond motifs is 5. The smallest absolute Gasteiger partial charge is 0.227 e. The number of carbonyl (C=O) groups excluding carboxylic acids is 1. The lowest BCUT2D eigenvalue weighted by atomic mass is 9.48. The summed E-state index contributed by atoms with van der Waals surface area (Å²) >= 11 is 6.04. The van der Waals surface area contributed by atoms with Gasteiger partial charge >= 0.3 is 0 Å². The van der Waals surface area contributed by atoms with Crippen LogP contribution in [0.15, 0.2) is 36.0 Å². The number of aliphatic hydroxyl groups is 2. The van der Waals surface area contributed by atoms with Crippen molar-refractivity contribution in [2.24, 2.45) is 28.6 Å². The third-order valence-corrected chi connectivity index (χ3v) is 9.26. The Morgan fingerprint density at radius 1 is 1.17 bits per heavy atom. The molecule has 2 saturated carbocycles. The zero-order valence-corrected chi connectivity index (χ0v) is 18.6. The number of rotatable bonds is 2. The van der Waals surface area contributed by atoms with Gasteiger partial charge in [0.2, 0.25) is 5.91 Å². The molecule has 5 rings (SSSR count). The largest absolute Gasteiger partial charge is 0.393 e. The minimum atomic E-state index is -0.441. The van der Waals surface area contributed by atoms with Gasteiger partial charge in [-0.3, -0.25) is 4.79 Å². The molecule has 3 fully saturated rings. The molecule has 5 heteroatoms. The normalized spacial score (nSPS) is 43.0. The summed E-state index contributed by atoms with van der Waals surface area (Å²) in [5.41, 5.74) is 1.76. The summed E-state index contributed by atoms with van der Waals surface area (Å²) < 4.78 is 0. The molecular weight excluding hydrogens is 398 g/mol. The van der Waals surface area contributed by atoms with E-state index in [-0.39, 0.29) is 28.8 Å². The maximum absolute atomic E-state index is 12.9. The standard InChI is InChI=1S/C25H32ClNO3/c1-24-12-11-22(30)27(14-15-3-5-16(26)6-4-15)20(24)9-7-17-18-8-10-21(29)25(18,2)13-19(28)23(17)24/h3-6,9,17-19,21,23,28-29H,7-8,10-14H2,1-2H3/t17?,18-,19?,21?,23+,24?,25?/m0/s1. The van der Waals surface area contributed by atoms with E-state index in [4.69, 9.17) is 11.6 Å². The van der Waals surface area contributed by atoms with Crippen LogP contribution in [0.1, 0.15) is 57.9 Å². The van der Waals surface area contributed by atoms with Crippen LogP contribution >= 0.6 is 11.6 Å². The van der Waals surface area contributed by atoms with Gasteiger partial charge in [0.15, 0.2) is 0 Å². The van der Waals surface area contributed by atoms with Gasteiger partial charge in [0.1, 0.15) is 0 Å². The summed E-state index contributed by atoms with van der Waals surface area (Å²) in [7, 11) is 0. The molecule has 4 aliphatic rings. The number of benzene rings is 1. The molecule has 5 unspecified atom stereocenters. The molecule has 2 N–H and O–H groups in total. The number of aliphatic hydroxyl groups excluding tert-OH is 2. The van der Waals surface area contributed by atoms with Crippen LogP contribution in [0.5, 0.6) is 0 Å². The molecule has 3 aliphatic carbocycles. The van der Waals surface area contributed by atoms with Crippen LogP contribution in [-0.2, 0) is 11.3 Å². The van der Waals surface area contributed by atoms with Gasteiger partial charge in [0, 0.05) is 22.6 Å². The van der Waals surface area contributed by atoms with Crippen molar-refractivity contribution in [3.63, 3.8) is 0 Å². The lowest BCUT2D eigenvalue weighted by molar-refractivity contribution is -0.153. The number of amides is 1. The highest BCUT2D eigenvalue weighted by molar-refractivity contribution is 6.30. The Balaban J connectivity index is 1.50. The first kappa shape index (κ1) is 20.5. The van der Waals surface area contributed by atoms with E-state index in [1.807, 2.05) is 29.2 Å². The van der Waals surface area contributed by atoms with Crippen LogP contribution in [0.25, 0.3) is 0 Å². The molecule has 1 aromatic rings. The summed E-state index contributed by atoms with van der Waals surface area (Å²) in [5, 5.41) is 22.7. The Bertz CT molecular complexity index is 883. The van der Waals surface area contributed by atoms with Gasteiger partial charge in [-0.2, -0.15) is 0 Å². The maximum Gasteiger partial charge on any atom is 0.227 e. The van der Waals surface area contributed by atoms with E-state index in [9.17, 15) is 15.0 Å². The van der Waals surface area contributed by atoms with Crippen molar-refractivity contribution in [1.29, 1.82) is 0 Å². The molecule has 0 aromatic heterocycles. The first-order chi connectivity index (χ1) is 14.2. The van der Waals surface area contributed by atoms with Crippen molar-refractivity contribution in [2.45, 2.75) is 71.1 Å². The van der Waals surface area contributed by atoms with Gasteiger partial charge in [-0.05, 0) is 73.0 Å². The van der Waals surface area contributed by atoms with E-state index < -0.39 is 6.10 Å². The quantitative estimate of drug-likeness (QED) is 0.726. The van der Waals surface area contributed by atoms with E-state index in [1.165, 1.54) is 0 Å².